The molecule has 1 aliphatic rings. The van der Waals surface area contributed by atoms with E-state index in [4.69, 9.17) is 0 Å². The molecule has 2 heterocycles. The molecule has 3 aromatic rings. The minimum atomic E-state index is -0.590. The van der Waals surface area contributed by atoms with Gasteiger partial charge in [-0.05, 0) is 30.3 Å². The Morgan fingerprint density at radius 1 is 1.00 bits per heavy atom. The van der Waals surface area contributed by atoms with Gasteiger partial charge in [0.25, 0.3) is 5.56 Å². The Labute approximate surface area is 180 Å². The molecule has 1 amide bonds. The minimum absolute atomic E-state index is 0.319. The van der Waals surface area contributed by atoms with Crippen molar-refractivity contribution < 1.29 is 4.79 Å². The van der Waals surface area contributed by atoms with Crippen LogP contribution in [0.25, 0.3) is 10.9 Å². The Kier molecular flexibility index (Phi) is 6.29. The summed E-state index contributed by atoms with van der Waals surface area (Å²) in [7, 11) is 2.14. The predicted octanol–water partition coefficient (Wildman–Crippen LogP) is 0.754. The van der Waals surface area contributed by atoms with E-state index in [2.05, 4.69) is 39.3 Å². The average molecular weight is 422 g/mol. The van der Waals surface area contributed by atoms with Crippen LogP contribution in [-0.2, 0) is 24.4 Å². The van der Waals surface area contributed by atoms with E-state index in [1.165, 1.54) is 5.56 Å². The minimum Gasteiger partial charge on any atom is -0.350 e. The highest BCUT2D eigenvalue weighted by Crippen LogP contribution is 2.10. The van der Waals surface area contributed by atoms with Gasteiger partial charge in [0, 0.05) is 39.3 Å². The lowest BCUT2D eigenvalue weighted by molar-refractivity contribution is -0.121. The Balaban J connectivity index is 1.38. The average Bonchev–Trinajstić information content (AvgIpc) is 2.77. The summed E-state index contributed by atoms with van der Waals surface area (Å²) in [6, 6.07) is 14.9. The lowest BCUT2D eigenvalue weighted by atomic mass is 10.1. The van der Waals surface area contributed by atoms with E-state index in [0.29, 0.717) is 17.4 Å². The van der Waals surface area contributed by atoms with Crippen LogP contribution in [0.1, 0.15) is 11.1 Å². The van der Waals surface area contributed by atoms with Crippen LogP contribution in [0.2, 0.25) is 0 Å². The number of aromatic amines is 1. The van der Waals surface area contributed by atoms with E-state index in [-0.39, 0.29) is 12.5 Å². The van der Waals surface area contributed by atoms with Gasteiger partial charge in [-0.3, -0.25) is 19.1 Å². The molecule has 162 valence electrons. The number of benzene rings is 2. The van der Waals surface area contributed by atoms with E-state index < -0.39 is 11.2 Å². The fraction of sp³-hybridized carbons (Fsp3) is 0.348. The number of para-hydroxylation sites is 1. The molecule has 0 spiro atoms. The first-order valence-electron chi connectivity index (χ1n) is 10.5. The van der Waals surface area contributed by atoms with Gasteiger partial charge < -0.3 is 15.2 Å². The second-order valence-corrected chi connectivity index (χ2v) is 8.04. The molecule has 4 rings (SSSR count). The van der Waals surface area contributed by atoms with Crippen LogP contribution < -0.4 is 16.6 Å². The molecule has 1 saturated heterocycles. The first-order chi connectivity index (χ1) is 15.0. The Hall–Kier alpha value is -3.23. The van der Waals surface area contributed by atoms with Crippen molar-refractivity contribution in [1.82, 2.24) is 24.7 Å². The van der Waals surface area contributed by atoms with Gasteiger partial charge in [0.05, 0.1) is 10.9 Å². The first kappa shape index (κ1) is 21.0. The maximum atomic E-state index is 12.6. The number of rotatable bonds is 6. The number of nitrogens with one attached hydrogen (secondary N) is 2. The molecule has 0 saturated carbocycles. The Bertz CT molecular complexity index is 1190. The third-order valence-electron chi connectivity index (χ3n) is 5.67. The fourth-order valence-electron chi connectivity index (χ4n) is 3.84. The van der Waals surface area contributed by atoms with E-state index in [9.17, 15) is 14.4 Å². The molecular weight excluding hydrogens is 394 g/mol. The molecule has 8 nitrogen and oxygen atoms in total. The van der Waals surface area contributed by atoms with E-state index in [1.807, 2.05) is 12.1 Å². The van der Waals surface area contributed by atoms with Crippen molar-refractivity contribution in [3.63, 3.8) is 0 Å². The van der Waals surface area contributed by atoms with Crippen molar-refractivity contribution in [3.8, 4) is 0 Å². The van der Waals surface area contributed by atoms with Gasteiger partial charge in [0.2, 0.25) is 5.91 Å². The lowest BCUT2D eigenvalue weighted by Crippen LogP contribution is -2.43. The standard InChI is InChI=1S/C23H27N5O3/c1-26-9-11-27(12-10-26)15-18-6-4-5-17(13-18)14-24-21(29)16-28-22(30)19-7-2-3-8-20(19)25-23(28)31/h2-8,13H,9-12,14-16H2,1H3,(H,24,29)(H,25,31). The zero-order valence-corrected chi connectivity index (χ0v) is 17.6. The van der Waals surface area contributed by atoms with Crippen molar-refractivity contribution in [2.24, 2.45) is 0 Å². The van der Waals surface area contributed by atoms with Gasteiger partial charge in [-0.1, -0.05) is 36.4 Å². The summed E-state index contributed by atoms with van der Waals surface area (Å²) in [4.78, 5) is 44.6. The highest BCUT2D eigenvalue weighted by Gasteiger charge is 2.14. The number of fused-ring (bicyclic) bond motifs is 1. The third kappa shape index (κ3) is 5.10. The number of amides is 1. The summed E-state index contributed by atoms with van der Waals surface area (Å²) in [6.07, 6.45) is 0. The Morgan fingerprint density at radius 2 is 1.74 bits per heavy atom. The molecule has 0 atom stereocenters. The van der Waals surface area contributed by atoms with Crippen LogP contribution in [-0.4, -0.2) is 58.5 Å². The molecule has 1 fully saturated rings. The van der Waals surface area contributed by atoms with E-state index >= 15 is 0 Å². The van der Waals surface area contributed by atoms with Gasteiger partial charge in [0.15, 0.2) is 0 Å². The quantitative estimate of drug-likeness (QED) is 0.613. The number of hydrogen-bond donors (Lipinski definition) is 2. The van der Waals surface area contributed by atoms with Crippen molar-refractivity contribution >= 4 is 16.8 Å². The number of aromatic nitrogens is 2. The van der Waals surface area contributed by atoms with Gasteiger partial charge in [-0.2, -0.15) is 0 Å². The zero-order chi connectivity index (χ0) is 21.8. The maximum Gasteiger partial charge on any atom is 0.329 e. The van der Waals surface area contributed by atoms with Crippen LogP contribution in [0.3, 0.4) is 0 Å². The summed E-state index contributed by atoms with van der Waals surface area (Å²) < 4.78 is 0.932. The van der Waals surface area contributed by atoms with E-state index in [0.717, 1.165) is 42.9 Å². The third-order valence-corrected chi connectivity index (χ3v) is 5.67. The molecule has 2 aromatic carbocycles. The molecule has 1 aromatic heterocycles. The van der Waals surface area contributed by atoms with Crippen molar-refractivity contribution in [2.75, 3.05) is 33.2 Å². The van der Waals surface area contributed by atoms with Gasteiger partial charge in [-0.25, -0.2) is 4.79 Å². The highest BCUT2D eigenvalue weighted by atomic mass is 16.2. The summed E-state index contributed by atoms with van der Waals surface area (Å²) >= 11 is 0. The first-order valence-corrected chi connectivity index (χ1v) is 10.5. The highest BCUT2D eigenvalue weighted by molar-refractivity contribution is 5.78. The molecule has 0 radical (unpaired) electrons. The smallest absolute Gasteiger partial charge is 0.329 e. The fourth-order valence-corrected chi connectivity index (χ4v) is 3.84. The maximum absolute atomic E-state index is 12.6. The zero-order valence-electron chi connectivity index (χ0n) is 17.6. The molecule has 31 heavy (non-hydrogen) atoms. The molecule has 0 bridgehead atoms. The summed E-state index contributed by atoms with van der Waals surface area (Å²) in [5.74, 6) is -0.382. The predicted molar refractivity (Wildman–Crippen MR) is 120 cm³/mol. The topological polar surface area (TPSA) is 90.4 Å². The number of likely N-dealkylation sites (N-methyl/N-ethyl adjacent to an activating group) is 1. The molecule has 2 N–H and O–H groups in total. The van der Waals surface area contributed by atoms with Crippen molar-refractivity contribution in [1.29, 1.82) is 0 Å². The van der Waals surface area contributed by atoms with Crippen LogP contribution in [0.5, 0.6) is 0 Å². The number of hydrogen-bond acceptors (Lipinski definition) is 5. The van der Waals surface area contributed by atoms with Crippen LogP contribution in [0.4, 0.5) is 0 Å². The summed E-state index contributed by atoms with van der Waals surface area (Å²) in [6.45, 7) is 5.15. The van der Waals surface area contributed by atoms with Gasteiger partial charge in [0.1, 0.15) is 6.54 Å². The molecule has 0 unspecified atom stereocenters. The van der Waals surface area contributed by atoms with Crippen molar-refractivity contribution in [2.45, 2.75) is 19.6 Å². The molecule has 8 heteroatoms. The molecule has 1 aliphatic heterocycles. The largest absolute Gasteiger partial charge is 0.350 e. The lowest BCUT2D eigenvalue weighted by Gasteiger charge is -2.32. The number of carbonyl (C=O) groups excluding carboxylic acids is 1. The van der Waals surface area contributed by atoms with Gasteiger partial charge >= 0.3 is 5.69 Å². The monoisotopic (exact) mass is 421 g/mol. The normalized spacial score (nSPS) is 15.3. The van der Waals surface area contributed by atoms with Gasteiger partial charge in [-0.15, -0.1) is 0 Å². The Morgan fingerprint density at radius 3 is 2.55 bits per heavy atom. The summed E-state index contributed by atoms with van der Waals surface area (Å²) in [5, 5.41) is 3.20. The van der Waals surface area contributed by atoms with E-state index in [1.54, 1.807) is 24.3 Å². The van der Waals surface area contributed by atoms with Crippen LogP contribution >= 0.6 is 0 Å². The number of carbonyl (C=O) groups is 1. The molecular formula is C23H27N5O3. The number of nitrogens with zero attached hydrogens (tertiary/aromatic N) is 3. The number of piperazine rings is 1. The second kappa shape index (κ2) is 9.28. The van der Waals surface area contributed by atoms with Crippen molar-refractivity contribution in [3.05, 3.63) is 80.5 Å². The van der Waals surface area contributed by atoms with Crippen LogP contribution in [0.15, 0.2) is 58.1 Å². The number of H-pyrrole nitrogens is 1. The SMILES string of the molecule is CN1CCN(Cc2cccc(CNC(=O)Cn3c(=O)[nH]c4ccccc4c3=O)c2)CC1. The summed E-state index contributed by atoms with van der Waals surface area (Å²) in [5.41, 5.74) is 1.60. The molecule has 0 aliphatic carbocycles. The second-order valence-electron chi connectivity index (χ2n) is 8.04. The van der Waals surface area contributed by atoms with Crippen LogP contribution in [0, 0.1) is 0 Å².